The van der Waals surface area contributed by atoms with Crippen LogP contribution in [0.15, 0.2) is 29.3 Å². The Bertz CT molecular complexity index is 883. The van der Waals surface area contributed by atoms with Crippen molar-refractivity contribution in [2.75, 3.05) is 0 Å². The Morgan fingerprint density at radius 2 is 2.05 bits per heavy atom. The fraction of sp³-hybridized carbons (Fsp3) is 0.333. The molecule has 3 rings (SSSR count). The maximum Gasteiger partial charge on any atom is 0.261 e. The number of hydrogen-bond donors (Lipinski definition) is 0. The van der Waals surface area contributed by atoms with Crippen LogP contribution in [0.2, 0.25) is 0 Å². The van der Waals surface area contributed by atoms with Gasteiger partial charge in [-0.3, -0.25) is 14.0 Å². The summed E-state index contributed by atoms with van der Waals surface area (Å²) in [5.74, 6) is 1.15. The maximum absolute atomic E-state index is 13.3. The van der Waals surface area contributed by atoms with Gasteiger partial charge in [0.2, 0.25) is 0 Å². The second-order valence-corrected chi connectivity index (χ2v) is 5.19. The summed E-state index contributed by atoms with van der Waals surface area (Å²) in [6, 6.07) is 4.04. The summed E-state index contributed by atoms with van der Waals surface area (Å²) in [5, 5.41) is 4.58. The Labute approximate surface area is 126 Å². The fourth-order valence-electron chi connectivity index (χ4n) is 2.45. The van der Waals surface area contributed by atoms with E-state index in [-0.39, 0.29) is 5.56 Å². The lowest BCUT2D eigenvalue weighted by atomic mass is 10.2. The van der Waals surface area contributed by atoms with E-state index in [2.05, 4.69) is 15.1 Å². The fourth-order valence-corrected chi connectivity index (χ4v) is 2.45. The molecule has 0 spiro atoms. The van der Waals surface area contributed by atoms with Crippen LogP contribution < -0.4 is 5.56 Å². The third kappa shape index (κ3) is 2.74. The average Bonchev–Trinajstić information content (AvgIpc) is 2.80. The van der Waals surface area contributed by atoms with E-state index >= 15 is 0 Å². The quantitative estimate of drug-likeness (QED) is 0.737. The first kappa shape index (κ1) is 14.4. The minimum absolute atomic E-state index is 0.226. The number of nitrogens with zero attached hydrogens (tertiary/aromatic N) is 5. The van der Waals surface area contributed by atoms with Crippen LogP contribution >= 0.6 is 0 Å². The molecule has 0 N–H and O–H groups in total. The molecule has 2 aromatic heterocycles. The lowest BCUT2D eigenvalue weighted by molar-refractivity contribution is 0.507. The smallest absolute Gasteiger partial charge is 0.261 e. The highest BCUT2D eigenvalue weighted by Crippen LogP contribution is 2.08. The van der Waals surface area contributed by atoms with Gasteiger partial charge >= 0.3 is 0 Å². The van der Waals surface area contributed by atoms with Crippen molar-refractivity contribution in [3.8, 4) is 0 Å². The summed E-state index contributed by atoms with van der Waals surface area (Å²) >= 11 is 0. The summed E-state index contributed by atoms with van der Waals surface area (Å²) in [4.78, 5) is 20.7. The summed E-state index contributed by atoms with van der Waals surface area (Å²) in [6.07, 6.45) is 2.22. The minimum Gasteiger partial charge on any atom is -0.299 e. The van der Waals surface area contributed by atoms with Crippen molar-refractivity contribution < 1.29 is 4.39 Å². The van der Waals surface area contributed by atoms with Gasteiger partial charge in [-0.2, -0.15) is 5.10 Å². The van der Waals surface area contributed by atoms with Gasteiger partial charge < -0.3 is 0 Å². The zero-order chi connectivity index (χ0) is 15.7. The van der Waals surface area contributed by atoms with Crippen molar-refractivity contribution in [1.82, 2.24) is 24.3 Å². The van der Waals surface area contributed by atoms with Gasteiger partial charge in [-0.25, -0.2) is 14.4 Å². The zero-order valence-corrected chi connectivity index (χ0v) is 12.5. The minimum atomic E-state index is -0.433. The molecular formula is C15H16FN5O. The summed E-state index contributed by atoms with van der Waals surface area (Å²) in [7, 11) is 0. The highest BCUT2D eigenvalue weighted by Gasteiger charge is 2.06. The van der Waals surface area contributed by atoms with Crippen molar-refractivity contribution in [3.05, 3.63) is 52.3 Å². The number of halogens is 1. The van der Waals surface area contributed by atoms with Gasteiger partial charge in [-0.15, -0.1) is 0 Å². The van der Waals surface area contributed by atoms with E-state index in [9.17, 15) is 9.18 Å². The number of aryl methyl sites for hydroxylation is 4. The molecule has 7 heteroatoms. The Morgan fingerprint density at radius 1 is 1.23 bits per heavy atom. The van der Waals surface area contributed by atoms with E-state index in [1.165, 1.54) is 29.1 Å². The molecule has 0 amide bonds. The highest BCUT2D eigenvalue weighted by molar-refractivity contribution is 5.77. The molecular weight excluding hydrogens is 285 g/mol. The van der Waals surface area contributed by atoms with Gasteiger partial charge in [0, 0.05) is 13.1 Å². The van der Waals surface area contributed by atoms with Gasteiger partial charge in [0.25, 0.3) is 5.56 Å². The molecule has 1 aromatic carbocycles. The van der Waals surface area contributed by atoms with Crippen LogP contribution in [-0.2, 0) is 13.1 Å². The average molecular weight is 301 g/mol. The van der Waals surface area contributed by atoms with Crippen LogP contribution in [0.1, 0.15) is 18.1 Å². The van der Waals surface area contributed by atoms with Crippen molar-refractivity contribution in [3.63, 3.8) is 0 Å². The predicted molar refractivity (Wildman–Crippen MR) is 80.1 cm³/mol. The summed E-state index contributed by atoms with van der Waals surface area (Å²) < 4.78 is 16.6. The molecule has 0 radical (unpaired) electrons. The van der Waals surface area contributed by atoms with E-state index in [4.69, 9.17) is 0 Å². The summed E-state index contributed by atoms with van der Waals surface area (Å²) in [5.41, 5.74) is 0.279. The van der Waals surface area contributed by atoms with Crippen LogP contribution in [0.3, 0.4) is 0 Å². The van der Waals surface area contributed by atoms with Crippen molar-refractivity contribution in [2.24, 2.45) is 0 Å². The molecule has 0 saturated carbocycles. The van der Waals surface area contributed by atoms with Crippen LogP contribution in [-0.4, -0.2) is 24.3 Å². The standard InChI is InChI=1S/C15H16FN5O/c1-10-18-11(2)21(19-10)7-3-6-20-9-17-14-5-4-12(16)8-13(14)15(20)22/h4-5,8-9H,3,6-7H2,1-2H3. The maximum atomic E-state index is 13.3. The third-order valence-corrected chi connectivity index (χ3v) is 3.52. The number of fused-ring (bicyclic) bond motifs is 1. The van der Waals surface area contributed by atoms with Gasteiger partial charge in [-0.1, -0.05) is 0 Å². The van der Waals surface area contributed by atoms with Crippen LogP contribution in [0, 0.1) is 19.7 Å². The van der Waals surface area contributed by atoms with Crippen LogP contribution in [0.5, 0.6) is 0 Å². The topological polar surface area (TPSA) is 65.6 Å². The number of rotatable bonds is 4. The molecule has 0 atom stereocenters. The normalized spacial score (nSPS) is 11.2. The third-order valence-electron chi connectivity index (χ3n) is 3.52. The first-order chi connectivity index (χ1) is 10.5. The SMILES string of the molecule is Cc1nc(C)n(CCCn2cnc3ccc(F)cc3c2=O)n1. The number of aromatic nitrogens is 5. The van der Waals surface area contributed by atoms with Crippen molar-refractivity contribution in [1.29, 1.82) is 0 Å². The molecule has 0 aliphatic rings. The zero-order valence-electron chi connectivity index (χ0n) is 12.5. The summed E-state index contributed by atoms with van der Waals surface area (Å²) in [6.45, 7) is 4.90. The lowest BCUT2D eigenvalue weighted by Gasteiger charge is -2.07. The van der Waals surface area contributed by atoms with Crippen molar-refractivity contribution >= 4 is 10.9 Å². The van der Waals surface area contributed by atoms with Crippen LogP contribution in [0.4, 0.5) is 4.39 Å². The molecule has 3 aromatic rings. The van der Waals surface area contributed by atoms with E-state index in [0.29, 0.717) is 30.4 Å². The Morgan fingerprint density at radius 3 is 2.77 bits per heavy atom. The highest BCUT2D eigenvalue weighted by atomic mass is 19.1. The predicted octanol–water partition coefficient (Wildman–Crippen LogP) is 1.83. The first-order valence-electron chi connectivity index (χ1n) is 7.07. The molecule has 22 heavy (non-hydrogen) atoms. The van der Waals surface area contributed by atoms with Gasteiger partial charge in [0.05, 0.1) is 17.2 Å². The van der Waals surface area contributed by atoms with Crippen molar-refractivity contribution in [2.45, 2.75) is 33.4 Å². The Hall–Kier alpha value is -2.57. The second kappa shape index (κ2) is 5.67. The molecule has 6 nitrogen and oxygen atoms in total. The van der Waals surface area contributed by atoms with E-state index in [1.807, 2.05) is 18.5 Å². The Kier molecular flexibility index (Phi) is 3.70. The van der Waals surface area contributed by atoms with E-state index in [0.717, 1.165) is 11.6 Å². The van der Waals surface area contributed by atoms with E-state index in [1.54, 1.807) is 0 Å². The lowest BCUT2D eigenvalue weighted by Crippen LogP contribution is -2.21. The van der Waals surface area contributed by atoms with E-state index < -0.39 is 5.82 Å². The molecule has 0 aliphatic heterocycles. The van der Waals surface area contributed by atoms with Gasteiger partial charge in [-0.05, 0) is 38.5 Å². The molecule has 114 valence electrons. The first-order valence-corrected chi connectivity index (χ1v) is 7.07. The van der Waals surface area contributed by atoms with Gasteiger partial charge in [0.1, 0.15) is 17.5 Å². The second-order valence-electron chi connectivity index (χ2n) is 5.19. The Balaban J connectivity index is 1.78. The largest absolute Gasteiger partial charge is 0.299 e. The molecule has 0 bridgehead atoms. The molecule has 2 heterocycles. The molecule has 0 saturated heterocycles. The number of hydrogen-bond acceptors (Lipinski definition) is 4. The monoisotopic (exact) mass is 301 g/mol. The molecule has 0 fully saturated rings. The van der Waals surface area contributed by atoms with Crippen LogP contribution in [0.25, 0.3) is 10.9 Å². The molecule has 0 unspecified atom stereocenters. The number of benzene rings is 1. The van der Waals surface area contributed by atoms with Gasteiger partial charge in [0.15, 0.2) is 0 Å². The molecule has 0 aliphatic carbocycles.